The van der Waals surface area contributed by atoms with Crippen molar-refractivity contribution in [1.82, 2.24) is 15.2 Å². The first-order chi connectivity index (χ1) is 7.79. The summed E-state index contributed by atoms with van der Waals surface area (Å²) in [4.78, 5) is 15.1. The number of H-pyrrole nitrogens is 1. The molecular weight excluding hydrogens is 206 g/mol. The van der Waals surface area contributed by atoms with Crippen molar-refractivity contribution in [2.45, 2.75) is 6.92 Å². The highest BCUT2D eigenvalue weighted by atomic mass is 16.5. The van der Waals surface area contributed by atoms with E-state index in [4.69, 9.17) is 4.74 Å². The lowest BCUT2D eigenvalue weighted by Gasteiger charge is -2.04. The van der Waals surface area contributed by atoms with Gasteiger partial charge in [-0.3, -0.25) is 9.78 Å². The Morgan fingerprint density at radius 1 is 1.25 bits per heavy atom. The number of rotatable bonds is 3. The molecule has 0 radical (unpaired) electrons. The lowest BCUT2D eigenvalue weighted by atomic mass is 10.1. The van der Waals surface area contributed by atoms with Crippen LogP contribution in [0.2, 0.25) is 0 Å². The summed E-state index contributed by atoms with van der Waals surface area (Å²) in [7, 11) is 0. The summed E-state index contributed by atoms with van der Waals surface area (Å²) >= 11 is 0. The van der Waals surface area contributed by atoms with Crippen LogP contribution < -0.4 is 10.3 Å². The molecule has 2 aromatic rings. The first-order valence-electron chi connectivity index (χ1n) is 4.92. The van der Waals surface area contributed by atoms with Crippen LogP contribution in [-0.4, -0.2) is 21.8 Å². The Kier molecular flexibility index (Phi) is 2.95. The first kappa shape index (κ1) is 10.4. The van der Waals surface area contributed by atoms with Gasteiger partial charge in [-0.2, -0.15) is 5.10 Å². The maximum absolute atomic E-state index is 11.1. The van der Waals surface area contributed by atoms with Crippen molar-refractivity contribution < 1.29 is 4.74 Å². The van der Waals surface area contributed by atoms with E-state index in [0.717, 1.165) is 11.1 Å². The van der Waals surface area contributed by atoms with Gasteiger partial charge in [0.1, 0.15) is 5.75 Å². The molecule has 1 N–H and O–H groups in total. The molecule has 0 unspecified atom stereocenters. The van der Waals surface area contributed by atoms with Crippen molar-refractivity contribution in [3.05, 3.63) is 41.1 Å². The minimum absolute atomic E-state index is 0.237. The maximum atomic E-state index is 11.1. The van der Waals surface area contributed by atoms with Crippen molar-refractivity contribution in [3.8, 4) is 16.9 Å². The van der Waals surface area contributed by atoms with Gasteiger partial charge in [-0.05, 0) is 13.0 Å². The van der Waals surface area contributed by atoms with Crippen molar-refractivity contribution in [1.29, 1.82) is 0 Å². The van der Waals surface area contributed by atoms with Gasteiger partial charge >= 0.3 is 0 Å². The lowest BCUT2D eigenvalue weighted by Crippen LogP contribution is -2.05. The van der Waals surface area contributed by atoms with Gasteiger partial charge in [0.05, 0.1) is 19.0 Å². The zero-order valence-electron chi connectivity index (χ0n) is 8.80. The Morgan fingerprint density at radius 2 is 2.06 bits per heavy atom. The molecule has 0 aliphatic carbocycles. The third kappa shape index (κ3) is 2.25. The molecule has 0 saturated carbocycles. The molecule has 2 heterocycles. The number of hydrogen-bond acceptors (Lipinski definition) is 4. The quantitative estimate of drug-likeness (QED) is 0.839. The summed E-state index contributed by atoms with van der Waals surface area (Å²) in [5, 5.41) is 6.05. The predicted octanol–water partition coefficient (Wildman–Crippen LogP) is 1.23. The molecule has 0 aromatic carbocycles. The summed E-state index contributed by atoms with van der Waals surface area (Å²) < 4.78 is 5.33. The summed E-state index contributed by atoms with van der Waals surface area (Å²) in [6.45, 7) is 2.49. The van der Waals surface area contributed by atoms with Gasteiger partial charge in [0.2, 0.25) is 0 Å². The molecule has 0 fully saturated rings. The molecule has 0 bridgehead atoms. The van der Waals surface area contributed by atoms with E-state index in [1.807, 2.05) is 13.0 Å². The molecule has 2 aromatic heterocycles. The Morgan fingerprint density at radius 3 is 2.81 bits per heavy atom. The predicted molar refractivity (Wildman–Crippen MR) is 59.3 cm³/mol. The highest BCUT2D eigenvalue weighted by Gasteiger charge is 2.01. The van der Waals surface area contributed by atoms with Crippen LogP contribution in [0.5, 0.6) is 5.75 Å². The minimum atomic E-state index is -0.237. The van der Waals surface area contributed by atoms with Gasteiger partial charge in [0, 0.05) is 23.4 Å². The number of nitrogens with one attached hydrogen (secondary N) is 1. The minimum Gasteiger partial charge on any atom is -0.492 e. The van der Waals surface area contributed by atoms with Crippen molar-refractivity contribution in [3.63, 3.8) is 0 Å². The van der Waals surface area contributed by atoms with E-state index in [1.54, 1.807) is 18.6 Å². The average Bonchev–Trinajstić information content (AvgIpc) is 2.30. The largest absolute Gasteiger partial charge is 0.492 e. The zero-order valence-corrected chi connectivity index (χ0v) is 8.80. The molecule has 0 aliphatic heterocycles. The van der Waals surface area contributed by atoms with Gasteiger partial charge in [-0.25, -0.2) is 5.10 Å². The molecule has 0 atom stereocenters. The third-order valence-corrected chi connectivity index (χ3v) is 2.02. The second-order valence-corrected chi connectivity index (χ2v) is 3.18. The number of nitrogens with zero attached hydrogens (tertiary/aromatic N) is 2. The molecular formula is C11H11N3O2. The number of ether oxygens (including phenoxy) is 1. The topological polar surface area (TPSA) is 67.9 Å². The SMILES string of the molecule is CCOc1cncc(-c2cn[nH]c(=O)c2)c1. The summed E-state index contributed by atoms with van der Waals surface area (Å²) in [6, 6.07) is 3.30. The molecule has 2 rings (SSSR count). The van der Waals surface area contributed by atoms with Crippen molar-refractivity contribution in [2.75, 3.05) is 6.61 Å². The fourth-order valence-corrected chi connectivity index (χ4v) is 1.36. The van der Waals surface area contributed by atoms with Gasteiger partial charge in [-0.15, -0.1) is 0 Å². The molecule has 0 spiro atoms. The van der Waals surface area contributed by atoms with Crippen molar-refractivity contribution in [2.24, 2.45) is 0 Å². The van der Waals surface area contributed by atoms with E-state index in [-0.39, 0.29) is 5.56 Å². The van der Waals surface area contributed by atoms with E-state index in [1.165, 1.54) is 6.07 Å². The van der Waals surface area contributed by atoms with Crippen LogP contribution in [0.25, 0.3) is 11.1 Å². The van der Waals surface area contributed by atoms with Crippen LogP contribution >= 0.6 is 0 Å². The summed E-state index contributed by atoms with van der Waals surface area (Å²) in [6.07, 6.45) is 4.88. The van der Waals surface area contributed by atoms with E-state index >= 15 is 0 Å². The first-order valence-corrected chi connectivity index (χ1v) is 4.92. The molecule has 82 valence electrons. The highest BCUT2D eigenvalue weighted by molar-refractivity contribution is 5.62. The van der Waals surface area contributed by atoms with Gasteiger partial charge in [-0.1, -0.05) is 0 Å². The molecule has 0 saturated heterocycles. The number of aromatic amines is 1. The fraction of sp³-hybridized carbons (Fsp3) is 0.182. The summed E-state index contributed by atoms with van der Waals surface area (Å²) in [5.74, 6) is 0.681. The monoisotopic (exact) mass is 217 g/mol. The highest BCUT2D eigenvalue weighted by Crippen LogP contribution is 2.20. The van der Waals surface area contributed by atoms with E-state index < -0.39 is 0 Å². The molecule has 5 heteroatoms. The third-order valence-electron chi connectivity index (χ3n) is 2.02. The average molecular weight is 217 g/mol. The summed E-state index contributed by atoms with van der Waals surface area (Å²) in [5.41, 5.74) is 1.29. The second-order valence-electron chi connectivity index (χ2n) is 3.18. The molecule has 0 aliphatic rings. The second kappa shape index (κ2) is 4.57. The molecule has 16 heavy (non-hydrogen) atoms. The van der Waals surface area contributed by atoms with Gasteiger partial charge in [0.25, 0.3) is 5.56 Å². The van der Waals surface area contributed by atoms with Gasteiger partial charge in [0.15, 0.2) is 0 Å². The van der Waals surface area contributed by atoms with Crippen LogP contribution in [-0.2, 0) is 0 Å². The maximum Gasteiger partial charge on any atom is 0.264 e. The van der Waals surface area contributed by atoms with E-state index in [9.17, 15) is 4.79 Å². The van der Waals surface area contributed by atoms with Crippen LogP contribution in [0.1, 0.15) is 6.92 Å². The van der Waals surface area contributed by atoms with E-state index in [0.29, 0.717) is 12.4 Å². The standard InChI is InChI=1S/C11H11N3O2/c1-2-16-10-3-8(5-12-7-10)9-4-11(15)14-13-6-9/h3-7H,2H2,1H3,(H,14,15). The number of aromatic nitrogens is 3. The normalized spacial score (nSPS) is 10.1. The Hall–Kier alpha value is -2.17. The molecule has 0 amide bonds. The van der Waals surface area contributed by atoms with Crippen molar-refractivity contribution >= 4 is 0 Å². The van der Waals surface area contributed by atoms with Crippen LogP contribution in [0.4, 0.5) is 0 Å². The fourth-order valence-electron chi connectivity index (χ4n) is 1.36. The van der Waals surface area contributed by atoms with Gasteiger partial charge < -0.3 is 4.74 Å². The number of pyridine rings is 1. The molecule has 5 nitrogen and oxygen atoms in total. The Balaban J connectivity index is 2.40. The zero-order chi connectivity index (χ0) is 11.4. The smallest absolute Gasteiger partial charge is 0.264 e. The number of hydrogen-bond donors (Lipinski definition) is 1. The van der Waals surface area contributed by atoms with Crippen LogP contribution in [0, 0.1) is 0 Å². The van der Waals surface area contributed by atoms with E-state index in [2.05, 4.69) is 15.2 Å². The van der Waals surface area contributed by atoms with Crippen LogP contribution in [0.15, 0.2) is 35.5 Å². The Labute approximate surface area is 92.1 Å². The lowest BCUT2D eigenvalue weighted by molar-refractivity contribution is 0.339. The Bertz CT molecular complexity index is 537. The van der Waals surface area contributed by atoms with Crippen LogP contribution in [0.3, 0.4) is 0 Å².